The maximum Gasteiger partial charge on any atom is 0.257 e. The Morgan fingerprint density at radius 2 is 1.86 bits per heavy atom. The lowest BCUT2D eigenvalue weighted by Crippen LogP contribution is -2.30. The first-order valence-electron chi connectivity index (χ1n) is 6.73. The molecular weight excluding hydrogens is 269 g/mol. The van der Waals surface area contributed by atoms with Gasteiger partial charge in [0, 0.05) is 12.6 Å². The minimum atomic E-state index is -0.501. The smallest absolute Gasteiger partial charge is 0.257 e. The lowest BCUT2D eigenvalue weighted by atomic mass is 10.0. The molecule has 0 spiro atoms. The molecule has 4 heteroatoms. The number of nitrogens with zero attached hydrogens (tertiary/aromatic N) is 1. The van der Waals surface area contributed by atoms with Crippen molar-refractivity contribution in [2.24, 2.45) is 0 Å². The van der Waals surface area contributed by atoms with Gasteiger partial charge in [-0.05, 0) is 31.5 Å². The number of carbonyl (C=O) groups excluding carboxylic acids is 1. The van der Waals surface area contributed by atoms with E-state index in [-0.39, 0.29) is 17.4 Å². The molecule has 0 fully saturated rings. The Kier molecular flexibility index (Phi) is 4.26. The lowest BCUT2D eigenvalue weighted by molar-refractivity contribution is 0.0736. The van der Waals surface area contributed by atoms with E-state index in [4.69, 9.17) is 0 Å². The van der Waals surface area contributed by atoms with Crippen LogP contribution in [0.4, 0.5) is 4.39 Å². The average molecular weight is 287 g/mol. The number of aromatic hydroxyl groups is 1. The first-order valence-corrected chi connectivity index (χ1v) is 6.73. The minimum Gasteiger partial charge on any atom is -0.508 e. The number of phenolic OH excluding ortho intramolecular Hbond substituents is 1. The second kappa shape index (κ2) is 5.95. The molecule has 2 rings (SSSR count). The average Bonchev–Trinajstić information content (AvgIpc) is 2.48. The van der Waals surface area contributed by atoms with Crippen molar-refractivity contribution in [1.82, 2.24) is 4.90 Å². The van der Waals surface area contributed by atoms with E-state index in [0.29, 0.717) is 11.1 Å². The molecule has 21 heavy (non-hydrogen) atoms. The molecule has 1 amide bonds. The van der Waals surface area contributed by atoms with Gasteiger partial charge in [0.05, 0.1) is 11.6 Å². The maximum atomic E-state index is 14.1. The highest BCUT2D eigenvalue weighted by Crippen LogP contribution is 2.28. The zero-order chi connectivity index (χ0) is 15.6. The summed E-state index contributed by atoms with van der Waals surface area (Å²) in [5.74, 6) is -0.792. The molecule has 2 aromatic rings. The van der Waals surface area contributed by atoms with Crippen LogP contribution in [0.25, 0.3) is 0 Å². The van der Waals surface area contributed by atoms with Gasteiger partial charge in [-0.1, -0.05) is 30.3 Å². The number of carbonyl (C=O) groups is 1. The summed E-state index contributed by atoms with van der Waals surface area (Å²) in [6.45, 7) is 3.42. The van der Waals surface area contributed by atoms with Crippen LogP contribution in [0.1, 0.15) is 34.5 Å². The van der Waals surface area contributed by atoms with Crippen LogP contribution in [0.3, 0.4) is 0 Å². The predicted octanol–water partition coefficient (Wildman–Crippen LogP) is 3.67. The zero-order valence-corrected chi connectivity index (χ0v) is 12.3. The fourth-order valence-electron chi connectivity index (χ4n) is 2.23. The van der Waals surface area contributed by atoms with E-state index in [1.807, 2.05) is 0 Å². The Labute approximate surface area is 123 Å². The molecule has 0 radical (unpaired) electrons. The summed E-state index contributed by atoms with van der Waals surface area (Å²) >= 11 is 0. The van der Waals surface area contributed by atoms with E-state index in [9.17, 15) is 14.3 Å². The summed E-state index contributed by atoms with van der Waals surface area (Å²) in [5.41, 5.74) is 1.10. The van der Waals surface area contributed by atoms with Crippen molar-refractivity contribution in [2.75, 3.05) is 7.05 Å². The van der Waals surface area contributed by atoms with Crippen LogP contribution < -0.4 is 0 Å². The van der Waals surface area contributed by atoms with Gasteiger partial charge >= 0.3 is 0 Å². The van der Waals surface area contributed by atoms with Crippen LogP contribution in [0.2, 0.25) is 0 Å². The van der Waals surface area contributed by atoms with Crippen LogP contribution in [-0.4, -0.2) is 23.0 Å². The Bertz CT molecular complexity index is 670. The third-order valence-corrected chi connectivity index (χ3v) is 3.71. The SMILES string of the molecule is Cc1cccc(C(=O)N(C)C(C)c2ccccc2O)c1F. The number of hydrogen-bond acceptors (Lipinski definition) is 2. The molecule has 0 aliphatic rings. The maximum absolute atomic E-state index is 14.1. The number of para-hydroxylation sites is 1. The normalized spacial score (nSPS) is 12.0. The topological polar surface area (TPSA) is 40.5 Å². The Hall–Kier alpha value is -2.36. The second-order valence-corrected chi connectivity index (χ2v) is 5.09. The van der Waals surface area contributed by atoms with Gasteiger partial charge in [-0.15, -0.1) is 0 Å². The Morgan fingerprint density at radius 1 is 1.19 bits per heavy atom. The highest BCUT2D eigenvalue weighted by atomic mass is 19.1. The van der Waals surface area contributed by atoms with Crippen molar-refractivity contribution in [3.8, 4) is 5.75 Å². The largest absolute Gasteiger partial charge is 0.508 e. The third-order valence-electron chi connectivity index (χ3n) is 3.71. The molecule has 0 aliphatic heterocycles. The highest BCUT2D eigenvalue weighted by Gasteiger charge is 2.23. The molecule has 1 unspecified atom stereocenters. The third kappa shape index (κ3) is 2.89. The molecular formula is C17H18FNO2. The summed E-state index contributed by atoms with van der Waals surface area (Å²) in [6.07, 6.45) is 0. The van der Waals surface area contributed by atoms with Crippen molar-refractivity contribution in [1.29, 1.82) is 0 Å². The van der Waals surface area contributed by atoms with Crippen LogP contribution >= 0.6 is 0 Å². The van der Waals surface area contributed by atoms with Crippen molar-refractivity contribution in [3.05, 3.63) is 65.0 Å². The van der Waals surface area contributed by atoms with Crippen molar-refractivity contribution in [2.45, 2.75) is 19.9 Å². The highest BCUT2D eigenvalue weighted by molar-refractivity contribution is 5.94. The Balaban J connectivity index is 2.31. The molecule has 0 aliphatic carbocycles. The van der Waals surface area contributed by atoms with E-state index in [1.54, 1.807) is 57.3 Å². The molecule has 0 bridgehead atoms. The molecule has 0 saturated heterocycles. The summed E-state index contributed by atoms with van der Waals surface area (Å²) in [4.78, 5) is 13.9. The number of hydrogen-bond donors (Lipinski definition) is 1. The van der Waals surface area contributed by atoms with Gasteiger partial charge in [-0.25, -0.2) is 4.39 Å². The quantitative estimate of drug-likeness (QED) is 0.935. The van der Waals surface area contributed by atoms with Gasteiger partial charge in [-0.2, -0.15) is 0 Å². The first kappa shape index (κ1) is 15.0. The summed E-state index contributed by atoms with van der Waals surface area (Å²) in [7, 11) is 1.60. The number of aryl methyl sites for hydroxylation is 1. The van der Waals surface area contributed by atoms with Crippen molar-refractivity contribution < 1.29 is 14.3 Å². The van der Waals surface area contributed by atoms with Crippen molar-refractivity contribution >= 4 is 5.91 Å². The second-order valence-electron chi connectivity index (χ2n) is 5.09. The number of phenols is 1. The predicted molar refractivity (Wildman–Crippen MR) is 79.8 cm³/mol. The summed E-state index contributed by atoms with van der Waals surface area (Å²) in [6, 6.07) is 11.2. The Morgan fingerprint density at radius 3 is 2.52 bits per heavy atom. The molecule has 1 N–H and O–H groups in total. The van der Waals surface area contributed by atoms with E-state index in [0.717, 1.165) is 0 Å². The van der Waals surface area contributed by atoms with Gasteiger partial charge < -0.3 is 10.0 Å². The number of halogens is 1. The van der Waals surface area contributed by atoms with E-state index in [2.05, 4.69) is 0 Å². The van der Waals surface area contributed by atoms with Crippen LogP contribution in [0, 0.1) is 12.7 Å². The van der Waals surface area contributed by atoms with E-state index >= 15 is 0 Å². The first-order chi connectivity index (χ1) is 9.93. The van der Waals surface area contributed by atoms with Crippen LogP contribution in [0.5, 0.6) is 5.75 Å². The van der Waals surface area contributed by atoms with Crippen molar-refractivity contribution in [3.63, 3.8) is 0 Å². The van der Waals surface area contributed by atoms with Gasteiger partial charge in [0.25, 0.3) is 5.91 Å². The summed E-state index contributed by atoms with van der Waals surface area (Å²) < 4.78 is 14.1. The van der Waals surface area contributed by atoms with Crippen LogP contribution in [0.15, 0.2) is 42.5 Å². The molecule has 0 heterocycles. The fourth-order valence-corrected chi connectivity index (χ4v) is 2.23. The molecule has 110 valence electrons. The molecule has 1 atom stereocenters. The number of benzene rings is 2. The van der Waals surface area contributed by atoms with Gasteiger partial charge in [0.1, 0.15) is 11.6 Å². The lowest BCUT2D eigenvalue weighted by Gasteiger charge is -2.26. The number of amides is 1. The van der Waals surface area contributed by atoms with Gasteiger partial charge in [-0.3, -0.25) is 4.79 Å². The summed E-state index contributed by atoms with van der Waals surface area (Å²) in [5, 5.41) is 9.87. The molecule has 3 nitrogen and oxygen atoms in total. The number of rotatable bonds is 3. The van der Waals surface area contributed by atoms with Gasteiger partial charge in [0.2, 0.25) is 0 Å². The van der Waals surface area contributed by atoms with Crippen LogP contribution in [-0.2, 0) is 0 Å². The molecule has 0 saturated carbocycles. The van der Waals surface area contributed by atoms with E-state index in [1.165, 1.54) is 11.0 Å². The van der Waals surface area contributed by atoms with E-state index < -0.39 is 11.7 Å². The molecule has 2 aromatic carbocycles. The molecule has 0 aromatic heterocycles. The standard InChI is InChI=1S/C17H18FNO2/c1-11-7-6-9-14(16(11)18)17(21)19(3)12(2)13-8-4-5-10-15(13)20/h4-10,12,20H,1-3H3. The monoisotopic (exact) mass is 287 g/mol. The minimum absolute atomic E-state index is 0.0415. The fraction of sp³-hybridized carbons (Fsp3) is 0.235. The van der Waals surface area contributed by atoms with Gasteiger partial charge in [0.15, 0.2) is 0 Å². The zero-order valence-electron chi connectivity index (χ0n) is 12.3.